The number of hydrazone groups is 1. The van der Waals surface area contributed by atoms with Crippen molar-refractivity contribution in [2.75, 3.05) is 13.2 Å². The average molecular weight is 437 g/mol. The Labute approximate surface area is 179 Å². The Morgan fingerprint density at radius 1 is 1.28 bits per heavy atom. The van der Waals surface area contributed by atoms with E-state index < -0.39 is 4.92 Å². The Hall–Kier alpha value is -2.91. The quantitative estimate of drug-likeness (QED) is 0.265. The SMILES string of the molecule is CCNC(=S)N/N=C\c1cc(Cl)c(OCc2ccc([N+](=O)[O-])cc2)c(OCC)c1. The van der Waals surface area contributed by atoms with E-state index in [0.29, 0.717) is 40.3 Å². The number of thiocarbonyl (C=S) groups is 1. The Kier molecular flexibility index (Phi) is 8.63. The number of rotatable bonds is 9. The Balaban J connectivity index is 2.13. The molecule has 0 aliphatic carbocycles. The van der Waals surface area contributed by atoms with E-state index in [1.54, 1.807) is 30.5 Å². The van der Waals surface area contributed by atoms with Crippen LogP contribution in [-0.2, 0) is 6.61 Å². The van der Waals surface area contributed by atoms with Crippen LogP contribution >= 0.6 is 23.8 Å². The highest BCUT2D eigenvalue weighted by Gasteiger charge is 2.13. The third kappa shape index (κ3) is 6.88. The molecule has 0 saturated carbocycles. The van der Waals surface area contributed by atoms with Crippen molar-refractivity contribution in [2.45, 2.75) is 20.5 Å². The fourth-order valence-corrected chi connectivity index (χ4v) is 2.77. The molecule has 0 spiro atoms. The highest BCUT2D eigenvalue weighted by atomic mass is 35.5. The number of halogens is 1. The van der Waals surface area contributed by atoms with Crippen molar-refractivity contribution in [3.05, 3.63) is 62.7 Å². The van der Waals surface area contributed by atoms with Crippen LogP contribution in [0.1, 0.15) is 25.0 Å². The molecule has 0 bridgehead atoms. The molecule has 0 unspecified atom stereocenters. The van der Waals surface area contributed by atoms with E-state index in [0.717, 1.165) is 5.56 Å². The largest absolute Gasteiger partial charge is 0.490 e. The summed E-state index contributed by atoms with van der Waals surface area (Å²) in [6.45, 7) is 5.09. The molecular weight excluding hydrogens is 416 g/mol. The molecule has 0 saturated heterocycles. The molecule has 2 aromatic carbocycles. The minimum Gasteiger partial charge on any atom is -0.490 e. The van der Waals surface area contributed by atoms with Crippen molar-refractivity contribution < 1.29 is 14.4 Å². The van der Waals surface area contributed by atoms with Crippen molar-refractivity contribution in [2.24, 2.45) is 5.10 Å². The molecule has 8 nitrogen and oxygen atoms in total. The number of nitro groups is 1. The van der Waals surface area contributed by atoms with Crippen molar-refractivity contribution in [3.8, 4) is 11.5 Å². The molecule has 2 rings (SSSR count). The first-order chi connectivity index (χ1) is 13.9. The highest BCUT2D eigenvalue weighted by Crippen LogP contribution is 2.37. The van der Waals surface area contributed by atoms with Crippen LogP contribution in [0.3, 0.4) is 0 Å². The molecule has 0 heterocycles. The van der Waals surface area contributed by atoms with Crippen LogP contribution in [0.4, 0.5) is 5.69 Å². The summed E-state index contributed by atoms with van der Waals surface area (Å²) in [6.07, 6.45) is 1.57. The molecule has 0 fully saturated rings. The second-order valence-corrected chi connectivity index (χ2v) is 6.52. The van der Waals surface area contributed by atoms with Gasteiger partial charge in [-0.3, -0.25) is 15.5 Å². The van der Waals surface area contributed by atoms with Gasteiger partial charge in [-0.05, 0) is 61.5 Å². The van der Waals surface area contributed by atoms with E-state index in [-0.39, 0.29) is 12.3 Å². The molecule has 154 valence electrons. The molecule has 0 amide bonds. The normalized spacial score (nSPS) is 10.6. The predicted molar refractivity (Wildman–Crippen MR) is 117 cm³/mol. The van der Waals surface area contributed by atoms with E-state index in [2.05, 4.69) is 15.8 Å². The van der Waals surface area contributed by atoms with Gasteiger partial charge in [0.15, 0.2) is 16.6 Å². The molecule has 2 N–H and O–H groups in total. The number of hydrogen-bond donors (Lipinski definition) is 2. The highest BCUT2D eigenvalue weighted by molar-refractivity contribution is 7.80. The van der Waals surface area contributed by atoms with E-state index in [1.807, 2.05) is 13.8 Å². The topological polar surface area (TPSA) is 98.0 Å². The van der Waals surface area contributed by atoms with Gasteiger partial charge in [-0.25, -0.2) is 0 Å². The molecule has 0 aromatic heterocycles. The second kappa shape index (κ2) is 11.2. The average Bonchev–Trinajstić information content (AvgIpc) is 2.68. The van der Waals surface area contributed by atoms with E-state index in [9.17, 15) is 10.1 Å². The van der Waals surface area contributed by atoms with Crippen LogP contribution < -0.4 is 20.2 Å². The molecule has 10 heteroatoms. The van der Waals surface area contributed by atoms with Crippen molar-refractivity contribution >= 4 is 40.8 Å². The maximum absolute atomic E-state index is 10.7. The molecule has 0 radical (unpaired) electrons. The number of benzene rings is 2. The monoisotopic (exact) mass is 436 g/mol. The van der Waals surface area contributed by atoms with Gasteiger partial charge in [0.05, 0.1) is 22.8 Å². The van der Waals surface area contributed by atoms with Crippen LogP contribution in [0.15, 0.2) is 41.5 Å². The molecule has 0 aliphatic rings. The maximum Gasteiger partial charge on any atom is 0.269 e. The third-order valence-corrected chi connectivity index (χ3v) is 4.10. The summed E-state index contributed by atoms with van der Waals surface area (Å²) in [5, 5.41) is 18.5. The lowest BCUT2D eigenvalue weighted by Crippen LogP contribution is -2.31. The number of hydrogen-bond acceptors (Lipinski definition) is 6. The summed E-state index contributed by atoms with van der Waals surface area (Å²) in [7, 11) is 0. The van der Waals surface area contributed by atoms with Crippen molar-refractivity contribution in [3.63, 3.8) is 0 Å². The fraction of sp³-hybridized carbons (Fsp3) is 0.263. The maximum atomic E-state index is 10.7. The standard InChI is InChI=1S/C19H21ClN4O4S/c1-3-21-19(29)23-22-11-14-9-16(20)18(17(10-14)27-4-2)28-12-13-5-7-15(8-6-13)24(25)26/h5-11H,3-4,12H2,1-2H3,(H2,21,23,29)/b22-11-. The smallest absolute Gasteiger partial charge is 0.269 e. The zero-order chi connectivity index (χ0) is 21.2. The van der Waals surface area contributed by atoms with Gasteiger partial charge in [-0.2, -0.15) is 5.10 Å². The number of nitro benzene ring substituents is 1. The number of non-ortho nitro benzene ring substituents is 1. The molecule has 0 atom stereocenters. The first kappa shape index (κ1) is 22.4. The van der Waals surface area contributed by atoms with Crippen LogP contribution in [-0.4, -0.2) is 29.4 Å². The first-order valence-electron chi connectivity index (χ1n) is 8.84. The number of nitrogens with zero attached hydrogens (tertiary/aromatic N) is 2. The van der Waals surface area contributed by atoms with Crippen molar-refractivity contribution in [1.29, 1.82) is 0 Å². The van der Waals surface area contributed by atoms with Gasteiger partial charge in [0, 0.05) is 18.7 Å². The lowest BCUT2D eigenvalue weighted by atomic mass is 10.2. The van der Waals surface area contributed by atoms with Crippen LogP contribution in [0, 0.1) is 10.1 Å². The zero-order valence-corrected chi connectivity index (χ0v) is 17.5. The predicted octanol–water partition coefficient (Wildman–Crippen LogP) is 4.04. The Morgan fingerprint density at radius 2 is 2.00 bits per heavy atom. The Morgan fingerprint density at radius 3 is 2.62 bits per heavy atom. The van der Waals surface area contributed by atoms with Crippen LogP contribution in [0.25, 0.3) is 0 Å². The summed E-state index contributed by atoms with van der Waals surface area (Å²) in [5.41, 5.74) is 4.19. The van der Waals surface area contributed by atoms with Gasteiger partial charge in [-0.1, -0.05) is 11.6 Å². The van der Waals surface area contributed by atoms with Gasteiger partial charge >= 0.3 is 0 Å². The summed E-state index contributed by atoms with van der Waals surface area (Å²) in [6, 6.07) is 9.56. The summed E-state index contributed by atoms with van der Waals surface area (Å²) >= 11 is 11.4. The van der Waals surface area contributed by atoms with Gasteiger partial charge in [0.2, 0.25) is 0 Å². The van der Waals surface area contributed by atoms with Gasteiger partial charge < -0.3 is 14.8 Å². The zero-order valence-electron chi connectivity index (χ0n) is 16.0. The van der Waals surface area contributed by atoms with Gasteiger partial charge in [-0.15, -0.1) is 0 Å². The molecular formula is C19H21ClN4O4S. The van der Waals surface area contributed by atoms with E-state index >= 15 is 0 Å². The van der Waals surface area contributed by atoms with E-state index in [4.69, 9.17) is 33.3 Å². The molecule has 29 heavy (non-hydrogen) atoms. The minimum atomic E-state index is -0.450. The Bertz CT molecular complexity index is 891. The summed E-state index contributed by atoms with van der Waals surface area (Å²) < 4.78 is 11.5. The molecule has 0 aliphatic heterocycles. The third-order valence-electron chi connectivity index (χ3n) is 3.58. The first-order valence-corrected chi connectivity index (χ1v) is 9.62. The second-order valence-electron chi connectivity index (χ2n) is 5.70. The lowest BCUT2D eigenvalue weighted by Gasteiger charge is -2.14. The van der Waals surface area contributed by atoms with Crippen LogP contribution in [0.2, 0.25) is 5.02 Å². The van der Waals surface area contributed by atoms with Crippen LogP contribution in [0.5, 0.6) is 11.5 Å². The van der Waals surface area contributed by atoms with Crippen molar-refractivity contribution in [1.82, 2.24) is 10.7 Å². The fourth-order valence-electron chi connectivity index (χ4n) is 2.30. The van der Waals surface area contributed by atoms with E-state index in [1.165, 1.54) is 12.1 Å². The summed E-state index contributed by atoms with van der Waals surface area (Å²) in [4.78, 5) is 10.3. The molecule has 2 aromatic rings. The lowest BCUT2D eigenvalue weighted by molar-refractivity contribution is -0.384. The van der Waals surface area contributed by atoms with Gasteiger partial charge in [0.1, 0.15) is 6.61 Å². The van der Waals surface area contributed by atoms with Gasteiger partial charge in [0.25, 0.3) is 5.69 Å². The minimum absolute atomic E-state index is 0.0210. The number of nitrogens with one attached hydrogen (secondary N) is 2. The summed E-state index contributed by atoms with van der Waals surface area (Å²) in [5.74, 6) is 0.859. The number of ether oxygens (including phenoxy) is 2.